The van der Waals surface area contributed by atoms with Crippen LogP contribution in [0.5, 0.6) is 0 Å². The first kappa shape index (κ1) is 15.8. The first-order valence-electron chi connectivity index (χ1n) is 7.41. The van der Waals surface area contributed by atoms with E-state index in [0.29, 0.717) is 18.4 Å². The SMILES string of the molecule is CCc1ccc(C(=O)NNc2cccc(CCC=O)c2)cc1. The van der Waals surface area contributed by atoms with E-state index < -0.39 is 0 Å². The van der Waals surface area contributed by atoms with Gasteiger partial charge in [0.25, 0.3) is 5.91 Å². The number of aryl methyl sites for hydroxylation is 2. The van der Waals surface area contributed by atoms with Gasteiger partial charge in [-0.15, -0.1) is 0 Å². The van der Waals surface area contributed by atoms with Gasteiger partial charge in [0.15, 0.2) is 0 Å². The normalized spacial score (nSPS) is 10.0. The molecule has 0 aliphatic rings. The number of benzene rings is 2. The second-order valence-corrected chi connectivity index (χ2v) is 5.04. The van der Waals surface area contributed by atoms with Crippen molar-refractivity contribution in [1.29, 1.82) is 0 Å². The van der Waals surface area contributed by atoms with Gasteiger partial charge < -0.3 is 4.79 Å². The van der Waals surface area contributed by atoms with Gasteiger partial charge in [-0.05, 0) is 48.2 Å². The summed E-state index contributed by atoms with van der Waals surface area (Å²) in [5.41, 5.74) is 9.24. The average molecular weight is 296 g/mol. The molecule has 0 saturated heterocycles. The summed E-state index contributed by atoms with van der Waals surface area (Å²) in [6.45, 7) is 2.08. The largest absolute Gasteiger partial charge is 0.303 e. The molecule has 0 fully saturated rings. The molecule has 0 radical (unpaired) electrons. The van der Waals surface area contributed by atoms with Crippen LogP contribution in [0.25, 0.3) is 0 Å². The summed E-state index contributed by atoms with van der Waals surface area (Å²) >= 11 is 0. The number of carbonyl (C=O) groups excluding carboxylic acids is 2. The zero-order valence-corrected chi connectivity index (χ0v) is 12.6. The van der Waals surface area contributed by atoms with Crippen LogP contribution in [0, 0.1) is 0 Å². The van der Waals surface area contributed by atoms with Gasteiger partial charge in [-0.1, -0.05) is 31.2 Å². The highest BCUT2D eigenvalue weighted by molar-refractivity contribution is 5.94. The lowest BCUT2D eigenvalue weighted by Gasteiger charge is -2.10. The maximum Gasteiger partial charge on any atom is 0.269 e. The van der Waals surface area contributed by atoms with Crippen molar-refractivity contribution in [3.8, 4) is 0 Å². The van der Waals surface area contributed by atoms with Crippen LogP contribution < -0.4 is 10.9 Å². The highest BCUT2D eigenvalue weighted by atomic mass is 16.2. The number of anilines is 1. The van der Waals surface area contributed by atoms with Gasteiger partial charge in [-0.3, -0.25) is 15.6 Å². The predicted octanol–water partition coefficient (Wildman–Crippen LogP) is 3.14. The summed E-state index contributed by atoms with van der Waals surface area (Å²) in [6.07, 6.45) is 3.06. The minimum absolute atomic E-state index is 0.180. The molecule has 4 heteroatoms. The molecule has 2 aromatic rings. The molecular formula is C18H20N2O2. The predicted molar refractivity (Wildman–Crippen MR) is 87.7 cm³/mol. The third-order valence-corrected chi connectivity index (χ3v) is 3.42. The molecule has 0 aromatic heterocycles. The van der Waals surface area contributed by atoms with Crippen molar-refractivity contribution in [3.05, 3.63) is 65.2 Å². The van der Waals surface area contributed by atoms with Crippen molar-refractivity contribution in [2.45, 2.75) is 26.2 Å². The molecule has 2 N–H and O–H groups in total. The lowest BCUT2D eigenvalue weighted by atomic mass is 10.1. The fourth-order valence-electron chi connectivity index (χ4n) is 2.12. The molecule has 0 unspecified atom stereocenters. The van der Waals surface area contributed by atoms with Gasteiger partial charge in [-0.2, -0.15) is 0 Å². The summed E-state index contributed by atoms with van der Waals surface area (Å²) < 4.78 is 0. The van der Waals surface area contributed by atoms with E-state index in [2.05, 4.69) is 17.8 Å². The van der Waals surface area contributed by atoms with Crippen LogP contribution in [0.1, 0.15) is 34.8 Å². The van der Waals surface area contributed by atoms with Gasteiger partial charge in [0, 0.05) is 12.0 Å². The number of nitrogens with one attached hydrogen (secondary N) is 2. The van der Waals surface area contributed by atoms with E-state index in [4.69, 9.17) is 0 Å². The van der Waals surface area contributed by atoms with E-state index in [1.165, 1.54) is 5.56 Å². The Kier molecular flexibility index (Phi) is 5.72. The van der Waals surface area contributed by atoms with E-state index in [-0.39, 0.29) is 5.91 Å². The number of hydrogen-bond acceptors (Lipinski definition) is 3. The zero-order valence-electron chi connectivity index (χ0n) is 12.6. The number of amides is 1. The molecule has 0 aliphatic carbocycles. The van der Waals surface area contributed by atoms with E-state index >= 15 is 0 Å². The molecule has 22 heavy (non-hydrogen) atoms. The van der Waals surface area contributed by atoms with Crippen molar-refractivity contribution >= 4 is 17.9 Å². The van der Waals surface area contributed by atoms with Crippen LogP contribution >= 0.6 is 0 Å². The molecule has 114 valence electrons. The van der Waals surface area contributed by atoms with E-state index in [1.807, 2.05) is 48.5 Å². The lowest BCUT2D eigenvalue weighted by Crippen LogP contribution is -2.29. The maximum absolute atomic E-state index is 12.1. The summed E-state index contributed by atoms with van der Waals surface area (Å²) in [5.74, 6) is -0.180. The highest BCUT2D eigenvalue weighted by Gasteiger charge is 2.04. The molecule has 0 bridgehead atoms. The number of hydrogen-bond donors (Lipinski definition) is 2. The Hall–Kier alpha value is -2.62. The average Bonchev–Trinajstić information content (AvgIpc) is 2.58. The van der Waals surface area contributed by atoms with Crippen molar-refractivity contribution in [2.24, 2.45) is 0 Å². The molecule has 0 aliphatic heterocycles. The Morgan fingerprint density at radius 3 is 2.55 bits per heavy atom. The first-order chi connectivity index (χ1) is 10.7. The second kappa shape index (κ2) is 7.98. The smallest absolute Gasteiger partial charge is 0.269 e. The summed E-state index contributed by atoms with van der Waals surface area (Å²) in [7, 11) is 0. The Balaban J connectivity index is 1.93. The van der Waals surface area contributed by atoms with Crippen LogP contribution in [0.15, 0.2) is 48.5 Å². The zero-order chi connectivity index (χ0) is 15.8. The third kappa shape index (κ3) is 4.45. The molecular weight excluding hydrogens is 276 g/mol. The van der Waals surface area contributed by atoms with Crippen LogP contribution in [-0.2, 0) is 17.6 Å². The van der Waals surface area contributed by atoms with Crippen molar-refractivity contribution in [3.63, 3.8) is 0 Å². The molecule has 0 heterocycles. The Bertz CT molecular complexity index is 636. The molecule has 0 spiro atoms. The molecule has 0 saturated carbocycles. The Morgan fingerprint density at radius 1 is 1.09 bits per heavy atom. The quantitative estimate of drug-likeness (QED) is 0.609. The Labute approximate surface area is 130 Å². The van der Waals surface area contributed by atoms with E-state index in [1.54, 1.807) is 0 Å². The monoisotopic (exact) mass is 296 g/mol. The minimum Gasteiger partial charge on any atom is -0.303 e. The lowest BCUT2D eigenvalue weighted by molar-refractivity contribution is -0.107. The molecule has 1 amide bonds. The second-order valence-electron chi connectivity index (χ2n) is 5.04. The van der Waals surface area contributed by atoms with Crippen LogP contribution in [0.2, 0.25) is 0 Å². The van der Waals surface area contributed by atoms with Gasteiger partial charge in [-0.25, -0.2) is 0 Å². The number of carbonyl (C=O) groups is 2. The van der Waals surface area contributed by atoms with Crippen molar-refractivity contribution in [1.82, 2.24) is 5.43 Å². The number of rotatable bonds is 7. The number of aldehydes is 1. The molecule has 2 rings (SSSR count). The van der Waals surface area contributed by atoms with E-state index in [9.17, 15) is 9.59 Å². The van der Waals surface area contributed by atoms with Crippen LogP contribution in [-0.4, -0.2) is 12.2 Å². The van der Waals surface area contributed by atoms with Crippen LogP contribution in [0.4, 0.5) is 5.69 Å². The molecule has 2 aromatic carbocycles. The minimum atomic E-state index is -0.180. The Morgan fingerprint density at radius 2 is 1.86 bits per heavy atom. The highest BCUT2D eigenvalue weighted by Crippen LogP contribution is 2.11. The van der Waals surface area contributed by atoms with Gasteiger partial charge >= 0.3 is 0 Å². The molecule has 0 atom stereocenters. The standard InChI is InChI=1S/C18H20N2O2/c1-2-14-8-10-16(11-9-14)18(22)20-19-17-7-3-5-15(13-17)6-4-12-21/h3,5,7-13,19H,2,4,6H2,1H3,(H,20,22). The molecule has 4 nitrogen and oxygen atoms in total. The van der Waals surface area contributed by atoms with Crippen molar-refractivity contribution in [2.75, 3.05) is 5.43 Å². The van der Waals surface area contributed by atoms with Crippen LogP contribution in [0.3, 0.4) is 0 Å². The third-order valence-electron chi connectivity index (χ3n) is 3.42. The van der Waals surface area contributed by atoms with Gasteiger partial charge in [0.05, 0.1) is 5.69 Å². The summed E-state index contributed by atoms with van der Waals surface area (Å²) in [6, 6.07) is 15.2. The van der Waals surface area contributed by atoms with Crippen molar-refractivity contribution < 1.29 is 9.59 Å². The fraction of sp³-hybridized carbons (Fsp3) is 0.222. The topological polar surface area (TPSA) is 58.2 Å². The summed E-state index contributed by atoms with van der Waals surface area (Å²) in [4.78, 5) is 22.5. The maximum atomic E-state index is 12.1. The van der Waals surface area contributed by atoms with E-state index in [0.717, 1.165) is 24.0 Å². The summed E-state index contributed by atoms with van der Waals surface area (Å²) in [5, 5.41) is 0. The van der Waals surface area contributed by atoms with Gasteiger partial charge in [0.2, 0.25) is 0 Å². The number of hydrazine groups is 1. The fourth-order valence-corrected chi connectivity index (χ4v) is 2.12. The first-order valence-corrected chi connectivity index (χ1v) is 7.41. The van der Waals surface area contributed by atoms with Gasteiger partial charge in [0.1, 0.15) is 6.29 Å².